The molecule has 1 aliphatic carbocycles. The van der Waals surface area contributed by atoms with Crippen LogP contribution in [0.15, 0.2) is 23.4 Å². The first-order valence-corrected chi connectivity index (χ1v) is 4.90. The predicted octanol–water partition coefficient (Wildman–Crippen LogP) is 1.05. The fourth-order valence-corrected chi connectivity index (χ4v) is 1.58. The molecule has 0 radical (unpaired) electrons. The van der Waals surface area contributed by atoms with E-state index in [0.717, 1.165) is 0 Å². The lowest BCUT2D eigenvalue weighted by Gasteiger charge is -1.87. The second-order valence-electron chi connectivity index (χ2n) is 1.81. The van der Waals surface area contributed by atoms with Crippen LogP contribution in [0.25, 0.3) is 0 Å². The van der Waals surface area contributed by atoms with E-state index < -0.39 is 0 Å². The second kappa shape index (κ2) is 2.12. The maximum absolute atomic E-state index is 2.33. The van der Waals surface area contributed by atoms with Crippen molar-refractivity contribution in [2.75, 3.05) is 0 Å². The molecule has 0 amide bonds. The van der Waals surface area contributed by atoms with E-state index in [1.165, 1.54) is 6.42 Å². The van der Waals surface area contributed by atoms with Crippen molar-refractivity contribution in [3.63, 3.8) is 0 Å². The van der Waals surface area contributed by atoms with Crippen molar-refractivity contribution < 1.29 is 0 Å². The summed E-state index contributed by atoms with van der Waals surface area (Å²) < 4.78 is 0. The van der Waals surface area contributed by atoms with Gasteiger partial charge in [0.2, 0.25) is 0 Å². The normalized spacial score (nSPS) is 19.3. The summed E-state index contributed by atoms with van der Waals surface area (Å²) in [6, 6.07) is 0. The smallest absolute Gasteiger partial charge is 0.0469 e. The fourth-order valence-electron chi connectivity index (χ4n) is 0.754. The van der Waals surface area contributed by atoms with Gasteiger partial charge in [0, 0.05) is 9.52 Å². The van der Waals surface area contributed by atoms with Crippen molar-refractivity contribution in [2.24, 2.45) is 0 Å². The topological polar surface area (TPSA) is 0 Å². The summed E-state index contributed by atoms with van der Waals surface area (Å²) in [6.45, 7) is 2.33. The first kappa shape index (κ1) is 4.85. The molecule has 1 rings (SSSR count). The Hall–Kier alpha value is -0.303. The Morgan fingerprint density at radius 3 is 2.86 bits per heavy atom. The Labute approximate surface area is 46.8 Å². The Bertz CT molecular complexity index is 111. The van der Waals surface area contributed by atoms with Crippen LogP contribution in [0.1, 0.15) is 6.42 Å². The molecule has 0 aromatic carbocycles. The van der Waals surface area contributed by atoms with Crippen molar-refractivity contribution in [2.45, 2.75) is 13.0 Å². The lowest BCUT2D eigenvalue weighted by Crippen LogP contribution is -1.83. The second-order valence-corrected chi connectivity index (χ2v) is 3.43. The third-order valence-electron chi connectivity index (χ3n) is 1.30. The molecule has 0 N–H and O–H groups in total. The molecule has 0 heterocycles. The van der Waals surface area contributed by atoms with E-state index in [1.807, 2.05) is 0 Å². The predicted molar refractivity (Wildman–Crippen MR) is 36.2 cm³/mol. The molecule has 1 aliphatic rings. The van der Waals surface area contributed by atoms with Gasteiger partial charge in [-0.15, -0.1) is 0 Å². The van der Waals surface area contributed by atoms with Gasteiger partial charge in [-0.05, 0) is 6.42 Å². The van der Waals surface area contributed by atoms with Crippen molar-refractivity contribution in [1.29, 1.82) is 0 Å². The maximum Gasteiger partial charge on any atom is 0.0469 e. The van der Waals surface area contributed by atoms with Gasteiger partial charge in [0.25, 0.3) is 0 Å². The highest BCUT2D eigenvalue weighted by molar-refractivity contribution is 6.43. The molecule has 0 unspecified atom stereocenters. The molecule has 0 fully saturated rings. The lowest BCUT2D eigenvalue weighted by molar-refractivity contribution is 1.40. The first-order chi connectivity index (χ1) is 3.43. The van der Waals surface area contributed by atoms with Crippen LogP contribution in [0.3, 0.4) is 0 Å². The van der Waals surface area contributed by atoms with Crippen molar-refractivity contribution in [3.8, 4) is 0 Å². The summed E-state index contributed by atoms with van der Waals surface area (Å²) in [7, 11) is 0.189. The van der Waals surface area contributed by atoms with Crippen LogP contribution in [0, 0.1) is 0 Å². The summed E-state index contributed by atoms with van der Waals surface area (Å²) in [5.74, 6) is 0. The van der Waals surface area contributed by atoms with Gasteiger partial charge in [-0.2, -0.15) is 0 Å². The molecule has 38 valence electrons. The fraction of sp³-hybridized carbons (Fsp3) is 0.333. The van der Waals surface area contributed by atoms with Gasteiger partial charge in [-0.25, -0.2) is 0 Å². The summed E-state index contributed by atoms with van der Waals surface area (Å²) in [6.07, 6.45) is 7.90. The highest BCUT2D eigenvalue weighted by Gasteiger charge is 1.92. The quantitative estimate of drug-likeness (QED) is 0.443. The molecule has 7 heavy (non-hydrogen) atoms. The van der Waals surface area contributed by atoms with E-state index >= 15 is 0 Å². The standard InChI is InChI=1S/C6H10Si/c1-7-6-4-2-3-5-6/h2-4H,5,7H2,1H3. The van der Waals surface area contributed by atoms with E-state index in [1.54, 1.807) is 5.20 Å². The van der Waals surface area contributed by atoms with Crippen LogP contribution in [0.5, 0.6) is 0 Å². The molecule has 0 spiro atoms. The summed E-state index contributed by atoms with van der Waals surface area (Å²) in [4.78, 5) is 0. The lowest BCUT2D eigenvalue weighted by atomic mass is 10.5. The van der Waals surface area contributed by atoms with Crippen molar-refractivity contribution in [1.82, 2.24) is 0 Å². The Morgan fingerprint density at radius 2 is 2.57 bits per heavy atom. The van der Waals surface area contributed by atoms with E-state index in [4.69, 9.17) is 0 Å². The molecule has 0 saturated carbocycles. The van der Waals surface area contributed by atoms with Gasteiger partial charge in [0.05, 0.1) is 0 Å². The average molecular weight is 110 g/mol. The number of hydrogen-bond donors (Lipinski definition) is 0. The van der Waals surface area contributed by atoms with Crippen molar-refractivity contribution >= 4 is 9.52 Å². The number of allylic oxidation sites excluding steroid dienone is 4. The summed E-state index contributed by atoms with van der Waals surface area (Å²) in [5, 5.41) is 1.69. The molecule has 0 aliphatic heterocycles. The minimum atomic E-state index is 0.189. The third kappa shape index (κ3) is 1.03. The van der Waals surface area contributed by atoms with Gasteiger partial charge < -0.3 is 0 Å². The molecule has 0 aromatic heterocycles. The van der Waals surface area contributed by atoms with Crippen LogP contribution >= 0.6 is 0 Å². The summed E-state index contributed by atoms with van der Waals surface area (Å²) >= 11 is 0. The molecule has 0 bridgehead atoms. The number of hydrogen-bond acceptors (Lipinski definition) is 0. The zero-order valence-electron chi connectivity index (χ0n) is 4.65. The van der Waals surface area contributed by atoms with Gasteiger partial charge in [-0.1, -0.05) is 30.0 Å². The van der Waals surface area contributed by atoms with Crippen LogP contribution in [0.2, 0.25) is 6.55 Å². The van der Waals surface area contributed by atoms with Crippen LogP contribution in [-0.4, -0.2) is 9.52 Å². The maximum atomic E-state index is 2.33. The summed E-state index contributed by atoms with van der Waals surface area (Å²) in [5.41, 5.74) is 0. The van der Waals surface area contributed by atoms with E-state index in [2.05, 4.69) is 24.8 Å². The zero-order chi connectivity index (χ0) is 5.11. The molecular weight excluding hydrogens is 100 g/mol. The number of rotatable bonds is 1. The monoisotopic (exact) mass is 110 g/mol. The van der Waals surface area contributed by atoms with Crippen LogP contribution in [0.4, 0.5) is 0 Å². The van der Waals surface area contributed by atoms with E-state index in [-0.39, 0.29) is 9.52 Å². The molecular formula is C6H10Si. The Balaban J connectivity index is 2.45. The average Bonchev–Trinajstić information content (AvgIpc) is 2.14. The Morgan fingerprint density at radius 1 is 1.71 bits per heavy atom. The Kier molecular flexibility index (Phi) is 1.47. The van der Waals surface area contributed by atoms with Gasteiger partial charge in [0.15, 0.2) is 0 Å². The third-order valence-corrected chi connectivity index (χ3v) is 2.73. The molecule has 0 atom stereocenters. The minimum Gasteiger partial charge on any atom is -0.0845 e. The first-order valence-electron chi connectivity index (χ1n) is 2.78. The van der Waals surface area contributed by atoms with Gasteiger partial charge in [0.1, 0.15) is 0 Å². The highest BCUT2D eigenvalue weighted by atomic mass is 28.2. The largest absolute Gasteiger partial charge is 0.0845 e. The van der Waals surface area contributed by atoms with Gasteiger partial charge >= 0.3 is 0 Å². The SMILES string of the molecule is C[SiH2]C1=CC=CC1. The van der Waals surface area contributed by atoms with Gasteiger partial charge in [-0.3, -0.25) is 0 Å². The minimum absolute atomic E-state index is 0.189. The van der Waals surface area contributed by atoms with E-state index in [9.17, 15) is 0 Å². The molecule has 0 aromatic rings. The molecule has 1 heteroatoms. The molecule has 0 saturated heterocycles. The van der Waals surface area contributed by atoms with E-state index in [0.29, 0.717) is 0 Å². The highest BCUT2D eigenvalue weighted by Crippen LogP contribution is 2.06. The molecule has 0 nitrogen and oxygen atoms in total. The van der Waals surface area contributed by atoms with Crippen LogP contribution in [-0.2, 0) is 0 Å². The van der Waals surface area contributed by atoms with Crippen molar-refractivity contribution in [3.05, 3.63) is 23.4 Å². The van der Waals surface area contributed by atoms with Crippen LogP contribution < -0.4 is 0 Å². The zero-order valence-corrected chi connectivity index (χ0v) is 6.06.